The molecule has 0 aliphatic carbocycles. The molecule has 2 aromatic carbocycles. The number of nitrogens with one attached hydrogen (secondary N) is 1. The van der Waals surface area contributed by atoms with Gasteiger partial charge in [0.05, 0.1) is 22.7 Å². The van der Waals surface area contributed by atoms with Crippen molar-refractivity contribution in [1.82, 2.24) is 0 Å². The summed E-state index contributed by atoms with van der Waals surface area (Å²) in [6.07, 6.45) is 0.918. The van der Waals surface area contributed by atoms with Gasteiger partial charge in [-0.15, -0.1) is 0 Å². The van der Waals surface area contributed by atoms with Gasteiger partial charge < -0.3 is 4.74 Å². The minimum absolute atomic E-state index is 0.219. The van der Waals surface area contributed by atoms with E-state index >= 15 is 0 Å². The molecular weight excluding hydrogens is 334 g/mol. The van der Waals surface area contributed by atoms with Crippen molar-refractivity contribution in [3.63, 3.8) is 0 Å². The van der Waals surface area contributed by atoms with Gasteiger partial charge >= 0.3 is 0 Å². The second kappa shape index (κ2) is 7.23. The minimum atomic E-state index is -3.64. The van der Waals surface area contributed by atoms with Crippen LogP contribution >= 0.6 is 11.6 Å². The van der Waals surface area contributed by atoms with Crippen LogP contribution in [-0.2, 0) is 16.4 Å². The van der Waals surface area contributed by atoms with E-state index in [1.54, 1.807) is 24.3 Å². The number of sulfonamides is 1. The van der Waals surface area contributed by atoms with Crippen LogP contribution in [0.4, 0.5) is 5.69 Å². The monoisotopic (exact) mass is 353 g/mol. The fourth-order valence-corrected chi connectivity index (χ4v) is 3.53. The molecule has 2 aromatic rings. The van der Waals surface area contributed by atoms with Crippen molar-refractivity contribution < 1.29 is 13.2 Å². The summed E-state index contributed by atoms with van der Waals surface area (Å²) in [5.74, 6) is 1.02. The van der Waals surface area contributed by atoms with E-state index in [0.717, 1.165) is 12.0 Å². The second-order valence-corrected chi connectivity index (χ2v) is 7.79. The Morgan fingerprint density at radius 3 is 2.30 bits per heavy atom. The predicted molar refractivity (Wildman–Crippen MR) is 93.8 cm³/mol. The van der Waals surface area contributed by atoms with Crippen LogP contribution in [-0.4, -0.2) is 15.5 Å². The summed E-state index contributed by atoms with van der Waals surface area (Å²) in [6, 6.07) is 11.7. The maximum absolute atomic E-state index is 12.4. The fourth-order valence-electron chi connectivity index (χ4n) is 2.22. The Kier molecular flexibility index (Phi) is 5.55. The molecule has 0 amide bonds. The summed E-state index contributed by atoms with van der Waals surface area (Å²) in [4.78, 5) is 0.219. The summed E-state index contributed by atoms with van der Waals surface area (Å²) in [6.45, 7) is 4.25. The first-order valence-electron chi connectivity index (χ1n) is 7.27. The smallest absolute Gasteiger partial charge is 0.261 e. The zero-order valence-electron chi connectivity index (χ0n) is 13.3. The normalized spacial score (nSPS) is 11.5. The molecule has 0 saturated heterocycles. The minimum Gasteiger partial charge on any atom is -0.495 e. The largest absolute Gasteiger partial charge is 0.495 e. The highest BCUT2D eigenvalue weighted by molar-refractivity contribution is 7.92. The Labute approximate surface area is 142 Å². The lowest BCUT2D eigenvalue weighted by Crippen LogP contribution is -2.13. The molecule has 0 atom stereocenters. The second-order valence-electron chi connectivity index (χ2n) is 5.70. The average molecular weight is 354 g/mol. The van der Waals surface area contributed by atoms with Crippen LogP contribution in [0.3, 0.4) is 0 Å². The van der Waals surface area contributed by atoms with Crippen LogP contribution in [0.5, 0.6) is 5.75 Å². The molecule has 6 heteroatoms. The van der Waals surface area contributed by atoms with Crippen molar-refractivity contribution in [2.75, 3.05) is 11.8 Å². The number of halogens is 1. The molecule has 0 fully saturated rings. The molecule has 0 saturated carbocycles. The molecule has 1 N–H and O–H groups in total. The van der Waals surface area contributed by atoms with Crippen LogP contribution in [0, 0.1) is 5.92 Å². The summed E-state index contributed by atoms with van der Waals surface area (Å²) < 4.78 is 32.4. The molecule has 0 spiro atoms. The third-order valence-electron chi connectivity index (χ3n) is 3.28. The average Bonchev–Trinajstić information content (AvgIpc) is 2.47. The third kappa shape index (κ3) is 4.62. The quantitative estimate of drug-likeness (QED) is 0.840. The van der Waals surface area contributed by atoms with E-state index in [1.807, 2.05) is 12.1 Å². The molecule has 0 aliphatic heterocycles. The molecule has 0 unspecified atom stereocenters. The summed E-state index contributed by atoms with van der Waals surface area (Å²) in [5.41, 5.74) is 1.51. The van der Waals surface area contributed by atoms with Crippen molar-refractivity contribution in [3.8, 4) is 5.75 Å². The van der Waals surface area contributed by atoms with Gasteiger partial charge in [0.15, 0.2) is 0 Å². The van der Waals surface area contributed by atoms with Gasteiger partial charge in [0, 0.05) is 0 Å². The molecule has 2 rings (SSSR count). The highest BCUT2D eigenvalue weighted by Gasteiger charge is 2.15. The highest BCUT2D eigenvalue weighted by atomic mass is 35.5. The van der Waals surface area contributed by atoms with Gasteiger partial charge in [-0.05, 0) is 48.2 Å². The van der Waals surface area contributed by atoms with E-state index in [9.17, 15) is 8.42 Å². The fraction of sp³-hybridized carbons (Fsp3) is 0.294. The van der Waals surface area contributed by atoms with E-state index in [2.05, 4.69) is 18.6 Å². The van der Waals surface area contributed by atoms with Crippen molar-refractivity contribution in [2.45, 2.75) is 25.2 Å². The van der Waals surface area contributed by atoms with E-state index in [4.69, 9.17) is 16.3 Å². The standard InChI is InChI=1S/C17H20ClNO3S/c1-12(2)10-13-4-7-15(8-5-13)23(20,21)19-14-6-9-17(22-3)16(18)11-14/h4-9,11-12,19H,10H2,1-3H3. The van der Waals surface area contributed by atoms with Crippen molar-refractivity contribution in [2.24, 2.45) is 5.92 Å². The van der Waals surface area contributed by atoms with Crippen molar-refractivity contribution in [3.05, 3.63) is 53.1 Å². The number of ether oxygens (including phenoxy) is 1. The Morgan fingerprint density at radius 1 is 1.13 bits per heavy atom. The first kappa shape index (κ1) is 17.6. The third-order valence-corrected chi connectivity index (χ3v) is 4.97. The van der Waals surface area contributed by atoms with Gasteiger partial charge in [-0.2, -0.15) is 0 Å². The Bertz CT molecular complexity index is 771. The van der Waals surface area contributed by atoms with E-state index in [-0.39, 0.29) is 4.90 Å². The molecule has 0 aromatic heterocycles. The number of rotatable bonds is 6. The molecule has 0 aliphatic rings. The maximum atomic E-state index is 12.4. The van der Waals surface area contributed by atoms with Crippen LogP contribution in [0.2, 0.25) is 5.02 Å². The number of methoxy groups -OCH3 is 1. The zero-order chi connectivity index (χ0) is 17.0. The number of anilines is 1. The Hall–Kier alpha value is -1.72. The maximum Gasteiger partial charge on any atom is 0.261 e. The molecule has 0 radical (unpaired) electrons. The molecule has 4 nitrogen and oxygen atoms in total. The SMILES string of the molecule is COc1ccc(NS(=O)(=O)c2ccc(CC(C)C)cc2)cc1Cl. The number of hydrogen-bond donors (Lipinski definition) is 1. The first-order valence-corrected chi connectivity index (χ1v) is 9.13. The Balaban J connectivity index is 2.20. The van der Waals surface area contributed by atoms with Crippen LogP contribution < -0.4 is 9.46 Å². The van der Waals surface area contributed by atoms with Crippen molar-refractivity contribution in [1.29, 1.82) is 0 Å². The van der Waals surface area contributed by atoms with Gasteiger partial charge in [0.2, 0.25) is 0 Å². The topological polar surface area (TPSA) is 55.4 Å². The van der Waals surface area contributed by atoms with Gasteiger partial charge in [-0.3, -0.25) is 4.72 Å². The van der Waals surface area contributed by atoms with E-state index < -0.39 is 10.0 Å². The zero-order valence-corrected chi connectivity index (χ0v) is 14.9. The van der Waals surface area contributed by atoms with Gasteiger partial charge in [-0.25, -0.2) is 8.42 Å². The van der Waals surface area contributed by atoms with Crippen LogP contribution in [0.25, 0.3) is 0 Å². The van der Waals surface area contributed by atoms with Crippen molar-refractivity contribution >= 4 is 27.3 Å². The Morgan fingerprint density at radius 2 is 1.78 bits per heavy atom. The lowest BCUT2D eigenvalue weighted by molar-refractivity contribution is 0.415. The van der Waals surface area contributed by atoms with Gasteiger partial charge in [0.1, 0.15) is 5.75 Å². The summed E-state index contributed by atoms with van der Waals surface area (Å²) >= 11 is 6.01. The summed E-state index contributed by atoms with van der Waals surface area (Å²) in [7, 11) is -2.14. The number of benzene rings is 2. The lowest BCUT2D eigenvalue weighted by atomic mass is 10.0. The number of hydrogen-bond acceptors (Lipinski definition) is 3. The molecular formula is C17H20ClNO3S. The molecule has 23 heavy (non-hydrogen) atoms. The van der Waals surface area contributed by atoms with Gasteiger partial charge in [-0.1, -0.05) is 37.6 Å². The van der Waals surface area contributed by atoms with E-state index in [1.165, 1.54) is 13.2 Å². The first-order chi connectivity index (χ1) is 10.8. The van der Waals surface area contributed by atoms with Crippen LogP contribution in [0.1, 0.15) is 19.4 Å². The molecule has 0 bridgehead atoms. The lowest BCUT2D eigenvalue weighted by Gasteiger charge is -2.11. The predicted octanol–water partition coefficient (Wildman–Crippen LogP) is 4.35. The summed E-state index contributed by atoms with van der Waals surface area (Å²) in [5, 5.41) is 0.347. The molecule has 0 heterocycles. The van der Waals surface area contributed by atoms with Gasteiger partial charge in [0.25, 0.3) is 10.0 Å². The molecule has 124 valence electrons. The van der Waals surface area contributed by atoms with Crippen LogP contribution in [0.15, 0.2) is 47.4 Å². The highest BCUT2D eigenvalue weighted by Crippen LogP contribution is 2.28. The van der Waals surface area contributed by atoms with E-state index in [0.29, 0.717) is 22.4 Å².